The Morgan fingerprint density at radius 2 is 2.26 bits per heavy atom. The lowest BCUT2D eigenvalue weighted by Crippen LogP contribution is -2.09. The quantitative estimate of drug-likeness (QED) is 0.813. The van der Waals surface area contributed by atoms with Crippen molar-refractivity contribution in [3.05, 3.63) is 36.0 Å². The highest BCUT2D eigenvalue weighted by Crippen LogP contribution is 2.29. The van der Waals surface area contributed by atoms with Crippen LogP contribution in [0.5, 0.6) is 5.75 Å². The van der Waals surface area contributed by atoms with E-state index in [1.807, 2.05) is 13.8 Å². The van der Waals surface area contributed by atoms with Gasteiger partial charge >= 0.3 is 0 Å². The summed E-state index contributed by atoms with van der Waals surface area (Å²) in [7, 11) is 0. The second-order valence-electron chi connectivity index (χ2n) is 4.38. The molecule has 0 unspecified atom stereocenters. The van der Waals surface area contributed by atoms with Gasteiger partial charge in [-0.3, -0.25) is 0 Å². The third-order valence-corrected chi connectivity index (χ3v) is 2.42. The lowest BCUT2D eigenvalue weighted by molar-refractivity contribution is 0.231. The van der Waals surface area contributed by atoms with Gasteiger partial charge in [-0.05, 0) is 13.8 Å². The number of nitrogen functional groups attached to an aromatic ring is 1. The van der Waals surface area contributed by atoms with Gasteiger partial charge in [0.05, 0.1) is 24.0 Å². The van der Waals surface area contributed by atoms with Crippen molar-refractivity contribution in [2.75, 3.05) is 11.1 Å². The number of halogens is 1. The molecule has 0 radical (unpaired) electrons. The van der Waals surface area contributed by atoms with E-state index in [1.54, 1.807) is 12.1 Å². The Balaban J connectivity index is 2.15. The van der Waals surface area contributed by atoms with Crippen molar-refractivity contribution in [3.8, 4) is 5.75 Å². The second-order valence-corrected chi connectivity index (χ2v) is 4.38. The first kappa shape index (κ1) is 13.2. The fourth-order valence-electron chi connectivity index (χ4n) is 1.58. The van der Waals surface area contributed by atoms with Gasteiger partial charge in [-0.15, -0.1) is 0 Å². The van der Waals surface area contributed by atoms with E-state index in [0.717, 1.165) is 5.69 Å². The molecular formula is C13H16FN3O2. The van der Waals surface area contributed by atoms with E-state index in [4.69, 9.17) is 15.0 Å². The molecule has 0 saturated carbocycles. The van der Waals surface area contributed by atoms with Crippen LogP contribution < -0.4 is 15.8 Å². The van der Waals surface area contributed by atoms with Crippen LogP contribution in [0.3, 0.4) is 0 Å². The van der Waals surface area contributed by atoms with E-state index in [2.05, 4.69) is 10.5 Å². The number of ether oxygens (including phenoxy) is 1. The Morgan fingerprint density at radius 3 is 2.89 bits per heavy atom. The van der Waals surface area contributed by atoms with Crippen molar-refractivity contribution in [3.63, 3.8) is 0 Å². The number of hydrogen-bond acceptors (Lipinski definition) is 5. The van der Waals surface area contributed by atoms with Crippen LogP contribution in [-0.4, -0.2) is 11.3 Å². The minimum absolute atomic E-state index is 0.110. The predicted octanol–water partition coefficient (Wildman–Crippen LogP) is 2.80. The maximum Gasteiger partial charge on any atom is 0.167 e. The maximum atomic E-state index is 13.6. The van der Waals surface area contributed by atoms with Crippen LogP contribution >= 0.6 is 0 Å². The fourth-order valence-corrected chi connectivity index (χ4v) is 1.58. The zero-order valence-corrected chi connectivity index (χ0v) is 10.8. The highest BCUT2D eigenvalue weighted by molar-refractivity contribution is 5.68. The second kappa shape index (κ2) is 5.60. The van der Waals surface area contributed by atoms with Gasteiger partial charge in [0.1, 0.15) is 12.0 Å². The number of nitrogens with zero attached hydrogens (tertiary/aromatic N) is 1. The highest BCUT2D eigenvalue weighted by Gasteiger charge is 2.10. The molecule has 1 aromatic heterocycles. The fraction of sp³-hybridized carbons (Fsp3) is 0.308. The summed E-state index contributed by atoms with van der Waals surface area (Å²) in [6, 6.07) is 4.52. The molecule has 0 fully saturated rings. The molecule has 2 rings (SSSR count). The number of nitrogens with one attached hydrogen (secondary N) is 1. The summed E-state index contributed by atoms with van der Waals surface area (Å²) in [5.74, 6) is -0.301. The molecule has 0 saturated heterocycles. The lowest BCUT2D eigenvalue weighted by Gasteiger charge is -2.14. The van der Waals surface area contributed by atoms with Crippen molar-refractivity contribution in [1.82, 2.24) is 5.16 Å². The summed E-state index contributed by atoms with van der Waals surface area (Å²) in [5, 5.41) is 6.83. The lowest BCUT2D eigenvalue weighted by atomic mass is 10.2. The maximum absolute atomic E-state index is 13.6. The number of hydrogen-bond donors (Lipinski definition) is 2. The molecule has 2 aromatic rings. The largest absolute Gasteiger partial charge is 0.488 e. The minimum Gasteiger partial charge on any atom is -0.488 e. The molecule has 0 aliphatic heterocycles. The summed E-state index contributed by atoms with van der Waals surface area (Å²) < 4.78 is 23.7. The van der Waals surface area contributed by atoms with Crippen molar-refractivity contribution in [2.45, 2.75) is 26.5 Å². The third kappa shape index (κ3) is 3.37. The van der Waals surface area contributed by atoms with Crippen LogP contribution in [-0.2, 0) is 6.54 Å². The van der Waals surface area contributed by atoms with Crippen molar-refractivity contribution in [2.24, 2.45) is 0 Å². The third-order valence-electron chi connectivity index (χ3n) is 2.42. The number of rotatable bonds is 5. The molecule has 0 bridgehead atoms. The van der Waals surface area contributed by atoms with Crippen LogP contribution in [0.15, 0.2) is 29.0 Å². The zero-order valence-electron chi connectivity index (χ0n) is 10.8. The highest BCUT2D eigenvalue weighted by atomic mass is 19.1. The average Bonchev–Trinajstić information content (AvgIpc) is 2.83. The molecule has 1 aromatic carbocycles. The van der Waals surface area contributed by atoms with Gasteiger partial charge in [0.2, 0.25) is 0 Å². The van der Waals surface area contributed by atoms with E-state index in [0.29, 0.717) is 17.9 Å². The van der Waals surface area contributed by atoms with Gasteiger partial charge in [0, 0.05) is 18.2 Å². The van der Waals surface area contributed by atoms with Gasteiger partial charge < -0.3 is 20.3 Å². The first-order chi connectivity index (χ1) is 9.06. The molecule has 3 N–H and O–H groups in total. The molecule has 19 heavy (non-hydrogen) atoms. The van der Waals surface area contributed by atoms with Crippen molar-refractivity contribution >= 4 is 11.4 Å². The monoisotopic (exact) mass is 265 g/mol. The Hall–Kier alpha value is -2.24. The smallest absolute Gasteiger partial charge is 0.167 e. The average molecular weight is 265 g/mol. The van der Waals surface area contributed by atoms with Gasteiger partial charge in [-0.25, -0.2) is 4.39 Å². The van der Waals surface area contributed by atoms with Crippen molar-refractivity contribution in [1.29, 1.82) is 0 Å². The summed E-state index contributed by atoms with van der Waals surface area (Å²) in [5.41, 5.74) is 7.40. The Morgan fingerprint density at radius 1 is 1.47 bits per heavy atom. The van der Waals surface area contributed by atoms with E-state index >= 15 is 0 Å². The SMILES string of the molecule is CC(C)Oc1cc(NCc2ccon2)c(N)cc1F. The summed E-state index contributed by atoms with van der Waals surface area (Å²) in [6.07, 6.45) is 1.37. The first-order valence-electron chi connectivity index (χ1n) is 5.95. The van der Waals surface area contributed by atoms with Crippen LogP contribution in [0.25, 0.3) is 0 Å². The molecule has 0 spiro atoms. The van der Waals surface area contributed by atoms with E-state index in [1.165, 1.54) is 12.3 Å². The van der Waals surface area contributed by atoms with Gasteiger partial charge in [-0.1, -0.05) is 5.16 Å². The summed E-state index contributed by atoms with van der Waals surface area (Å²) >= 11 is 0. The van der Waals surface area contributed by atoms with E-state index < -0.39 is 5.82 Å². The molecule has 6 heteroatoms. The number of benzene rings is 1. The molecule has 0 aliphatic rings. The predicted molar refractivity (Wildman–Crippen MR) is 70.4 cm³/mol. The Labute approximate surface area is 110 Å². The minimum atomic E-state index is -0.474. The van der Waals surface area contributed by atoms with Crippen LogP contribution in [0.2, 0.25) is 0 Å². The normalized spacial score (nSPS) is 10.7. The first-order valence-corrected chi connectivity index (χ1v) is 5.95. The molecule has 0 atom stereocenters. The summed E-state index contributed by atoms with van der Waals surface area (Å²) in [6.45, 7) is 4.10. The molecule has 0 amide bonds. The van der Waals surface area contributed by atoms with Gasteiger partial charge in [0.15, 0.2) is 11.6 Å². The van der Waals surface area contributed by atoms with Crippen LogP contribution in [0, 0.1) is 5.82 Å². The van der Waals surface area contributed by atoms with Crippen LogP contribution in [0.1, 0.15) is 19.5 Å². The number of nitrogens with two attached hydrogens (primary N) is 1. The topological polar surface area (TPSA) is 73.3 Å². The standard InChI is InChI=1S/C13H16FN3O2/c1-8(2)19-13-6-12(11(15)5-10(13)14)16-7-9-3-4-18-17-9/h3-6,8,16H,7,15H2,1-2H3. The Kier molecular flexibility index (Phi) is 3.89. The van der Waals surface area contributed by atoms with Gasteiger partial charge in [0.25, 0.3) is 0 Å². The molecular weight excluding hydrogens is 249 g/mol. The molecule has 102 valence electrons. The van der Waals surface area contributed by atoms with E-state index in [9.17, 15) is 4.39 Å². The van der Waals surface area contributed by atoms with Crippen LogP contribution in [0.4, 0.5) is 15.8 Å². The Bertz CT molecular complexity index is 541. The number of anilines is 2. The molecule has 0 aliphatic carbocycles. The summed E-state index contributed by atoms with van der Waals surface area (Å²) in [4.78, 5) is 0. The molecule has 5 nitrogen and oxygen atoms in total. The van der Waals surface area contributed by atoms with Crippen molar-refractivity contribution < 1.29 is 13.7 Å². The zero-order chi connectivity index (χ0) is 13.8. The van der Waals surface area contributed by atoms with E-state index in [-0.39, 0.29) is 11.9 Å². The number of aromatic nitrogens is 1. The molecule has 1 heterocycles. The van der Waals surface area contributed by atoms with Gasteiger partial charge in [-0.2, -0.15) is 0 Å².